The normalized spacial score (nSPS) is 19.6. The van der Waals surface area contributed by atoms with Gasteiger partial charge in [0.15, 0.2) is 0 Å². The van der Waals surface area contributed by atoms with Crippen LogP contribution in [0, 0.1) is 5.92 Å². The molecule has 0 aromatic heterocycles. The Morgan fingerprint density at radius 2 is 2.18 bits per heavy atom. The lowest BCUT2D eigenvalue weighted by atomic mass is 9.95. The molecule has 0 saturated heterocycles. The van der Waals surface area contributed by atoms with Crippen LogP contribution in [0.5, 0.6) is 11.5 Å². The molecule has 0 amide bonds. The molecule has 3 nitrogen and oxygen atoms in total. The smallest absolute Gasteiger partial charge is 0.126 e. The lowest BCUT2D eigenvalue weighted by Crippen LogP contribution is -2.41. The Morgan fingerprint density at radius 3 is 2.88 bits per heavy atom. The zero-order chi connectivity index (χ0) is 12.5. The molecule has 0 bridgehead atoms. The van der Waals surface area contributed by atoms with Crippen molar-refractivity contribution in [3.8, 4) is 11.5 Å². The van der Waals surface area contributed by atoms with Gasteiger partial charge in [0.1, 0.15) is 11.5 Å². The maximum Gasteiger partial charge on any atom is 0.126 e. The minimum absolute atomic E-state index is 0.124. The molecule has 3 heteroatoms. The van der Waals surface area contributed by atoms with Gasteiger partial charge < -0.3 is 15.2 Å². The van der Waals surface area contributed by atoms with Gasteiger partial charge in [-0.05, 0) is 39.3 Å². The second-order valence-corrected chi connectivity index (χ2v) is 5.77. The molecular formula is C14H21NO2. The van der Waals surface area contributed by atoms with E-state index in [-0.39, 0.29) is 5.54 Å². The van der Waals surface area contributed by atoms with Crippen molar-refractivity contribution in [3.05, 3.63) is 23.8 Å². The van der Waals surface area contributed by atoms with Crippen molar-refractivity contribution in [3.63, 3.8) is 0 Å². The van der Waals surface area contributed by atoms with E-state index in [0.717, 1.165) is 30.9 Å². The minimum atomic E-state index is 0.124. The fraction of sp³-hybridized carbons (Fsp3) is 0.571. The number of phenols is 1. The number of ether oxygens (including phenoxy) is 1. The molecule has 1 aromatic carbocycles. The molecule has 1 unspecified atom stereocenters. The van der Waals surface area contributed by atoms with Crippen LogP contribution in [0.2, 0.25) is 0 Å². The quantitative estimate of drug-likeness (QED) is 0.826. The molecule has 94 valence electrons. The van der Waals surface area contributed by atoms with E-state index >= 15 is 0 Å². The summed E-state index contributed by atoms with van der Waals surface area (Å²) >= 11 is 0. The van der Waals surface area contributed by atoms with Crippen LogP contribution in [0.25, 0.3) is 0 Å². The molecule has 0 fully saturated rings. The number of aromatic hydroxyl groups is 1. The number of benzene rings is 1. The van der Waals surface area contributed by atoms with Crippen LogP contribution in [-0.4, -0.2) is 23.8 Å². The van der Waals surface area contributed by atoms with Crippen molar-refractivity contribution in [2.75, 3.05) is 13.2 Å². The van der Waals surface area contributed by atoms with Crippen LogP contribution in [0.3, 0.4) is 0 Å². The van der Waals surface area contributed by atoms with Crippen molar-refractivity contribution in [1.82, 2.24) is 5.32 Å². The van der Waals surface area contributed by atoms with Crippen LogP contribution in [-0.2, 0) is 6.42 Å². The molecule has 17 heavy (non-hydrogen) atoms. The van der Waals surface area contributed by atoms with Gasteiger partial charge in [-0.3, -0.25) is 0 Å². The monoisotopic (exact) mass is 235 g/mol. The average molecular weight is 235 g/mol. The fourth-order valence-electron chi connectivity index (χ4n) is 2.03. The maximum absolute atomic E-state index is 9.80. The summed E-state index contributed by atoms with van der Waals surface area (Å²) in [7, 11) is 0. The topological polar surface area (TPSA) is 41.5 Å². The number of rotatable bonds is 2. The molecule has 0 saturated carbocycles. The molecule has 1 atom stereocenters. The summed E-state index contributed by atoms with van der Waals surface area (Å²) in [5.74, 6) is 1.61. The van der Waals surface area contributed by atoms with Gasteiger partial charge in [-0.1, -0.05) is 6.07 Å². The summed E-state index contributed by atoms with van der Waals surface area (Å²) in [6.45, 7) is 8.10. The number of hydrogen-bond donors (Lipinski definition) is 2. The first-order valence-corrected chi connectivity index (χ1v) is 6.14. The Hall–Kier alpha value is -1.22. The van der Waals surface area contributed by atoms with Crippen molar-refractivity contribution in [2.24, 2.45) is 5.92 Å². The van der Waals surface area contributed by atoms with Gasteiger partial charge in [-0.2, -0.15) is 0 Å². The average Bonchev–Trinajstić information content (AvgIpc) is 2.26. The van der Waals surface area contributed by atoms with Crippen LogP contribution in [0.1, 0.15) is 26.3 Å². The molecule has 1 aromatic rings. The first-order valence-electron chi connectivity index (χ1n) is 6.14. The molecule has 0 aliphatic carbocycles. The zero-order valence-corrected chi connectivity index (χ0v) is 10.8. The van der Waals surface area contributed by atoms with E-state index in [9.17, 15) is 5.11 Å². The van der Waals surface area contributed by atoms with E-state index < -0.39 is 0 Å². The van der Waals surface area contributed by atoms with Gasteiger partial charge in [-0.25, -0.2) is 0 Å². The van der Waals surface area contributed by atoms with Gasteiger partial charge in [0, 0.05) is 23.6 Å². The summed E-state index contributed by atoms with van der Waals surface area (Å²) < 4.78 is 5.68. The van der Waals surface area contributed by atoms with E-state index in [4.69, 9.17) is 4.74 Å². The van der Waals surface area contributed by atoms with E-state index in [2.05, 4.69) is 26.1 Å². The summed E-state index contributed by atoms with van der Waals surface area (Å²) in [5, 5.41) is 13.3. The van der Waals surface area contributed by atoms with E-state index in [1.165, 1.54) is 0 Å². The standard InChI is InChI=1S/C14H21NO2/c1-14(2,3)15-8-10-7-11-12(16)5-4-6-13(11)17-9-10/h4-6,10,15-16H,7-9H2,1-3H3. The number of hydrogen-bond acceptors (Lipinski definition) is 3. The molecule has 2 N–H and O–H groups in total. The SMILES string of the molecule is CC(C)(C)NCC1COc2cccc(O)c2C1. The van der Waals surface area contributed by atoms with Crippen LogP contribution in [0.4, 0.5) is 0 Å². The van der Waals surface area contributed by atoms with E-state index in [1.54, 1.807) is 6.07 Å². The first-order chi connectivity index (χ1) is 7.96. The largest absolute Gasteiger partial charge is 0.508 e. The predicted octanol–water partition coefficient (Wildman–Crippen LogP) is 2.33. The summed E-state index contributed by atoms with van der Waals surface area (Å²) in [5.41, 5.74) is 1.07. The molecule has 1 aliphatic rings. The Balaban J connectivity index is 2.01. The van der Waals surface area contributed by atoms with Crippen LogP contribution >= 0.6 is 0 Å². The number of phenolic OH excluding ortho intramolecular Hbond substituents is 1. The van der Waals surface area contributed by atoms with Gasteiger partial charge >= 0.3 is 0 Å². The third-order valence-corrected chi connectivity index (χ3v) is 3.00. The van der Waals surface area contributed by atoms with Crippen molar-refractivity contribution < 1.29 is 9.84 Å². The maximum atomic E-state index is 9.80. The Morgan fingerprint density at radius 1 is 1.41 bits per heavy atom. The Bertz CT molecular complexity index is 396. The molecule has 0 radical (unpaired) electrons. The highest BCUT2D eigenvalue weighted by atomic mass is 16.5. The van der Waals surface area contributed by atoms with Gasteiger partial charge in [0.05, 0.1) is 6.61 Å². The lowest BCUT2D eigenvalue weighted by Gasteiger charge is -2.29. The van der Waals surface area contributed by atoms with E-state index in [1.807, 2.05) is 12.1 Å². The van der Waals surface area contributed by atoms with Crippen molar-refractivity contribution in [1.29, 1.82) is 0 Å². The Labute approximate surface area is 103 Å². The van der Waals surface area contributed by atoms with Crippen molar-refractivity contribution >= 4 is 0 Å². The van der Waals surface area contributed by atoms with Crippen LogP contribution < -0.4 is 10.1 Å². The van der Waals surface area contributed by atoms with Crippen LogP contribution in [0.15, 0.2) is 18.2 Å². The molecule has 2 rings (SSSR count). The highest BCUT2D eigenvalue weighted by molar-refractivity contribution is 5.45. The third kappa shape index (κ3) is 3.13. The Kier molecular flexibility index (Phi) is 3.29. The number of fused-ring (bicyclic) bond motifs is 1. The summed E-state index contributed by atoms with van der Waals surface area (Å²) in [4.78, 5) is 0. The fourth-order valence-corrected chi connectivity index (χ4v) is 2.03. The zero-order valence-electron chi connectivity index (χ0n) is 10.8. The van der Waals surface area contributed by atoms with Gasteiger partial charge in [-0.15, -0.1) is 0 Å². The summed E-state index contributed by atoms with van der Waals surface area (Å²) in [6, 6.07) is 5.46. The predicted molar refractivity (Wildman–Crippen MR) is 68.6 cm³/mol. The highest BCUT2D eigenvalue weighted by Crippen LogP contribution is 2.33. The first kappa shape index (κ1) is 12.2. The molecule has 1 aliphatic heterocycles. The lowest BCUT2D eigenvalue weighted by molar-refractivity contribution is 0.206. The van der Waals surface area contributed by atoms with Crippen molar-refractivity contribution in [2.45, 2.75) is 32.7 Å². The second kappa shape index (κ2) is 4.57. The third-order valence-electron chi connectivity index (χ3n) is 3.00. The van der Waals surface area contributed by atoms with Gasteiger partial charge in [0.2, 0.25) is 0 Å². The number of nitrogens with one attached hydrogen (secondary N) is 1. The molecule has 0 spiro atoms. The second-order valence-electron chi connectivity index (χ2n) is 5.77. The summed E-state index contributed by atoms with van der Waals surface area (Å²) in [6.07, 6.45) is 0.880. The van der Waals surface area contributed by atoms with Gasteiger partial charge in [0.25, 0.3) is 0 Å². The molecular weight excluding hydrogens is 214 g/mol. The molecule has 1 heterocycles. The minimum Gasteiger partial charge on any atom is -0.508 e. The van der Waals surface area contributed by atoms with E-state index in [0.29, 0.717) is 11.7 Å². The highest BCUT2D eigenvalue weighted by Gasteiger charge is 2.23.